The number of ether oxygens (including phenoxy) is 1. The molecule has 2 aliphatic rings. The average molecular weight is 235 g/mol. The van der Waals surface area contributed by atoms with Crippen molar-refractivity contribution >= 4 is 5.78 Å². The maximum atomic E-state index is 12.0. The van der Waals surface area contributed by atoms with Gasteiger partial charge in [0.1, 0.15) is 0 Å². The van der Waals surface area contributed by atoms with Gasteiger partial charge in [-0.05, 0) is 23.0 Å². The summed E-state index contributed by atoms with van der Waals surface area (Å²) in [6.45, 7) is 10.6. The first kappa shape index (κ1) is 12.5. The highest BCUT2D eigenvalue weighted by atomic mass is 16.5. The second kappa shape index (κ2) is 4.75. The number of rotatable bonds is 2. The van der Waals surface area contributed by atoms with Gasteiger partial charge in [-0.15, -0.1) is 0 Å². The minimum Gasteiger partial charge on any atom is -0.375 e. The number of Topliss-reactive ketones (excluding diaryl/α,β-unsaturated/α-hetero) is 1. The van der Waals surface area contributed by atoms with Gasteiger partial charge in [-0.1, -0.05) is 26.5 Å². The summed E-state index contributed by atoms with van der Waals surface area (Å²) in [6.07, 6.45) is 3.69. The van der Waals surface area contributed by atoms with Crippen LogP contribution in [0.4, 0.5) is 0 Å². The number of carbonyl (C=O) groups is 1. The lowest BCUT2D eigenvalue weighted by Crippen LogP contribution is -2.39. The summed E-state index contributed by atoms with van der Waals surface area (Å²) in [6, 6.07) is 0. The number of allylic oxidation sites excluding steroid dienone is 2. The summed E-state index contributed by atoms with van der Waals surface area (Å²) < 4.78 is 5.65. The van der Waals surface area contributed by atoms with Crippen LogP contribution >= 0.6 is 0 Å². The van der Waals surface area contributed by atoms with E-state index in [4.69, 9.17) is 4.74 Å². The van der Waals surface area contributed by atoms with Crippen LogP contribution in [0.5, 0.6) is 0 Å². The first-order chi connectivity index (χ1) is 7.98. The highest BCUT2D eigenvalue weighted by Gasteiger charge is 2.30. The van der Waals surface area contributed by atoms with Crippen LogP contribution in [0.2, 0.25) is 0 Å². The lowest BCUT2D eigenvalue weighted by Gasteiger charge is -2.31. The second-order valence-corrected chi connectivity index (χ2v) is 5.67. The fourth-order valence-corrected chi connectivity index (χ4v) is 2.59. The molecule has 1 aliphatic carbocycles. The molecule has 0 radical (unpaired) electrons. The average Bonchev–Trinajstić information content (AvgIpc) is 2.26. The lowest BCUT2D eigenvalue weighted by atomic mass is 9.75. The molecule has 1 fully saturated rings. The molecule has 1 N–H and O–H groups in total. The van der Waals surface area contributed by atoms with E-state index in [1.54, 1.807) is 0 Å². The van der Waals surface area contributed by atoms with Crippen molar-refractivity contribution in [3.63, 3.8) is 0 Å². The normalized spacial score (nSPS) is 29.1. The number of nitrogens with one attached hydrogen (secondary N) is 1. The van der Waals surface area contributed by atoms with Crippen LogP contribution in [0, 0.1) is 5.41 Å². The van der Waals surface area contributed by atoms with E-state index >= 15 is 0 Å². The van der Waals surface area contributed by atoms with Crippen molar-refractivity contribution in [2.45, 2.75) is 32.8 Å². The summed E-state index contributed by atoms with van der Waals surface area (Å²) in [5, 5.41) is 3.29. The highest BCUT2D eigenvalue weighted by molar-refractivity contribution is 6.08. The Morgan fingerprint density at radius 3 is 3.00 bits per heavy atom. The Morgan fingerprint density at radius 1 is 1.59 bits per heavy atom. The van der Waals surface area contributed by atoms with E-state index in [0.717, 1.165) is 37.3 Å². The van der Waals surface area contributed by atoms with Gasteiger partial charge < -0.3 is 10.1 Å². The zero-order valence-corrected chi connectivity index (χ0v) is 10.7. The zero-order valence-electron chi connectivity index (χ0n) is 10.7. The fourth-order valence-electron chi connectivity index (χ4n) is 2.59. The monoisotopic (exact) mass is 235 g/mol. The Kier molecular flexibility index (Phi) is 3.50. The summed E-state index contributed by atoms with van der Waals surface area (Å²) in [5.41, 5.74) is 1.65. The van der Waals surface area contributed by atoms with E-state index in [0.29, 0.717) is 6.42 Å². The molecule has 0 aromatic heterocycles. The van der Waals surface area contributed by atoms with Crippen LogP contribution in [0.15, 0.2) is 23.8 Å². The molecule has 17 heavy (non-hydrogen) atoms. The molecule has 3 nitrogen and oxygen atoms in total. The van der Waals surface area contributed by atoms with Crippen molar-refractivity contribution < 1.29 is 9.53 Å². The Hall–Kier alpha value is -0.930. The molecule has 1 heterocycles. The van der Waals surface area contributed by atoms with Crippen molar-refractivity contribution in [2.24, 2.45) is 5.41 Å². The van der Waals surface area contributed by atoms with Gasteiger partial charge in [-0.25, -0.2) is 0 Å². The van der Waals surface area contributed by atoms with Gasteiger partial charge in [0.05, 0.1) is 12.7 Å². The van der Waals surface area contributed by atoms with Crippen LogP contribution in [0.3, 0.4) is 0 Å². The van der Waals surface area contributed by atoms with Gasteiger partial charge in [0.2, 0.25) is 0 Å². The highest BCUT2D eigenvalue weighted by Crippen LogP contribution is 2.35. The topological polar surface area (TPSA) is 38.3 Å². The van der Waals surface area contributed by atoms with Gasteiger partial charge >= 0.3 is 0 Å². The van der Waals surface area contributed by atoms with Crippen molar-refractivity contribution in [2.75, 3.05) is 19.7 Å². The van der Waals surface area contributed by atoms with Crippen LogP contribution in [-0.4, -0.2) is 31.6 Å². The molecular formula is C14H21NO2. The summed E-state index contributed by atoms with van der Waals surface area (Å²) in [4.78, 5) is 12.0. The Labute approximate surface area is 103 Å². The number of hydrogen-bond acceptors (Lipinski definition) is 3. The molecule has 1 unspecified atom stereocenters. The molecule has 0 amide bonds. The molecule has 1 saturated heterocycles. The minimum absolute atomic E-state index is 0.0441. The Morgan fingerprint density at radius 2 is 2.35 bits per heavy atom. The number of ketones is 1. The van der Waals surface area contributed by atoms with Crippen molar-refractivity contribution in [1.82, 2.24) is 5.32 Å². The second-order valence-electron chi connectivity index (χ2n) is 5.67. The lowest BCUT2D eigenvalue weighted by molar-refractivity contribution is -0.113. The SMILES string of the molecule is C=C1CC(C)(C)C=C(CC2CNCCO2)C1=O. The molecule has 0 bridgehead atoms. The van der Waals surface area contributed by atoms with E-state index in [2.05, 4.69) is 31.8 Å². The standard InChI is InChI=1S/C14H21NO2/c1-10-7-14(2,3)8-11(13(10)16)6-12-9-15-4-5-17-12/h8,12,15H,1,4-7,9H2,2-3H3. The first-order valence-electron chi connectivity index (χ1n) is 6.24. The molecule has 0 aromatic carbocycles. The van der Waals surface area contributed by atoms with Gasteiger partial charge in [0.15, 0.2) is 5.78 Å². The summed E-state index contributed by atoms with van der Waals surface area (Å²) >= 11 is 0. The molecule has 2 rings (SSSR count). The summed E-state index contributed by atoms with van der Waals surface area (Å²) in [5.74, 6) is 0.124. The molecule has 1 atom stereocenters. The minimum atomic E-state index is 0.0441. The van der Waals surface area contributed by atoms with E-state index in [9.17, 15) is 4.79 Å². The van der Waals surface area contributed by atoms with E-state index in [1.165, 1.54) is 0 Å². The fraction of sp³-hybridized carbons (Fsp3) is 0.643. The molecule has 3 heteroatoms. The molecule has 0 aromatic rings. The summed E-state index contributed by atoms with van der Waals surface area (Å²) in [7, 11) is 0. The van der Waals surface area contributed by atoms with E-state index in [-0.39, 0.29) is 17.3 Å². The quantitative estimate of drug-likeness (QED) is 0.742. The van der Waals surface area contributed by atoms with Gasteiger partial charge in [0.25, 0.3) is 0 Å². The maximum absolute atomic E-state index is 12.0. The van der Waals surface area contributed by atoms with Crippen LogP contribution in [-0.2, 0) is 9.53 Å². The van der Waals surface area contributed by atoms with Crippen LogP contribution in [0.1, 0.15) is 26.7 Å². The molecule has 1 aliphatic heterocycles. The van der Waals surface area contributed by atoms with Gasteiger partial charge in [-0.2, -0.15) is 0 Å². The largest absolute Gasteiger partial charge is 0.375 e. The van der Waals surface area contributed by atoms with Crippen molar-refractivity contribution in [3.8, 4) is 0 Å². The van der Waals surface area contributed by atoms with Gasteiger partial charge in [0, 0.05) is 19.5 Å². The van der Waals surface area contributed by atoms with Crippen LogP contribution < -0.4 is 5.32 Å². The smallest absolute Gasteiger partial charge is 0.184 e. The third kappa shape index (κ3) is 3.05. The molecule has 94 valence electrons. The molecular weight excluding hydrogens is 214 g/mol. The van der Waals surface area contributed by atoms with Crippen LogP contribution in [0.25, 0.3) is 0 Å². The van der Waals surface area contributed by atoms with E-state index in [1.807, 2.05) is 0 Å². The van der Waals surface area contributed by atoms with Gasteiger partial charge in [-0.3, -0.25) is 4.79 Å². The predicted molar refractivity (Wildman–Crippen MR) is 67.9 cm³/mol. The van der Waals surface area contributed by atoms with Crippen molar-refractivity contribution in [1.29, 1.82) is 0 Å². The third-order valence-electron chi connectivity index (χ3n) is 3.30. The maximum Gasteiger partial charge on any atom is 0.184 e. The molecule has 0 saturated carbocycles. The van der Waals surface area contributed by atoms with E-state index < -0.39 is 0 Å². The Bertz CT molecular complexity index is 362. The van der Waals surface area contributed by atoms with Crippen molar-refractivity contribution in [3.05, 3.63) is 23.8 Å². The first-order valence-corrected chi connectivity index (χ1v) is 6.24. The zero-order chi connectivity index (χ0) is 12.5. The number of hydrogen-bond donors (Lipinski definition) is 1. The third-order valence-corrected chi connectivity index (χ3v) is 3.30. The number of carbonyl (C=O) groups excluding carboxylic acids is 1. The Balaban J connectivity index is 2.09. The predicted octanol–water partition coefficient (Wildman–Crippen LogP) is 1.85. The molecule has 0 spiro atoms. The number of morpholine rings is 1.